The van der Waals surface area contributed by atoms with Gasteiger partial charge in [-0.15, -0.1) is 6.58 Å². The van der Waals surface area contributed by atoms with Crippen molar-refractivity contribution in [2.75, 3.05) is 46.4 Å². The van der Waals surface area contributed by atoms with Crippen LogP contribution in [0.1, 0.15) is 11.1 Å². The third kappa shape index (κ3) is 4.22. The summed E-state index contributed by atoms with van der Waals surface area (Å²) in [5, 5.41) is 19.1. The maximum atomic E-state index is 10.1. The lowest BCUT2D eigenvalue weighted by atomic mass is 10.0. The summed E-state index contributed by atoms with van der Waals surface area (Å²) in [5.74, 6) is 0.729. The summed E-state index contributed by atoms with van der Waals surface area (Å²) in [6.45, 7) is 9.49. The molecule has 0 bridgehead atoms. The standard InChI is InChI=1S/C17H26N2O3/c1-3-4-15-11-14(12-16(22-2)17(15)21)13-19-7-5-18(6-8-19)9-10-20/h3,11-12,20-21H,1,4-10,13H2,2H3. The van der Waals surface area contributed by atoms with Crippen LogP contribution in [-0.2, 0) is 13.0 Å². The second kappa shape index (κ2) is 8.17. The molecule has 1 aliphatic rings. The van der Waals surface area contributed by atoms with Crippen LogP contribution in [0, 0.1) is 0 Å². The van der Waals surface area contributed by atoms with Gasteiger partial charge in [0.05, 0.1) is 13.7 Å². The molecule has 0 saturated carbocycles. The van der Waals surface area contributed by atoms with Gasteiger partial charge in [0.15, 0.2) is 11.5 Å². The van der Waals surface area contributed by atoms with Crippen LogP contribution in [0.25, 0.3) is 0 Å². The third-order valence-electron chi connectivity index (χ3n) is 4.09. The van der Waals surface area contributed by atoms with Crippen molar-refractivity contribution in [3.63, 3.8) is 0 Å². The third-order valence-corrected chi connectivity index (χ3v) is 4.09. The smallest absolute Gasteiger partial charge is 0.161 e. The van der Waals surface area contributed by atoms with Crippen LogP contribution in [0.2, 0.25) is 0 Å². The number of benzene rings is 1. The van der Waals surface area contributed by atoms with E-state index in [0.717, 1.165) is 50.4 Å². The van der Waals surface area contributed by atoms with Gasteiger partial charge in [-0.25, -0.2) is 0 Å². The number of aliphatic hydroxyl groups is 1. The Balaban J connectivity index is 2.03. The molecule has 1 aromatic rings. The predicted octanol–water partition coefficient (Wildman–Crippen LogP) is 1.24. The number of nitrogens with zero attached hydrogens (tertiary/aromatic N) is 2. The van der Waals surface area contributed by atoms with Gasteiger partial charge in [-0.3, -0.25) is 9.80 Å². The van der Waals surface area contributed by atoms with Crippen molar-refractivity contribution < 1.29 is 14.9 Å². The van der Waals surface area contributed by atoms with Gasteiger partial charge in [-0.2, -0.15) is 0 Å². The van der Waals surface area contributed by atoms with E-state index in [1.165, 1.54) is 0 Å². The molecule has 2 rings (SSSR count). The Bertz CT molecular complexity index is 497. The Morgan fingerprint density at radius 3 is 2.50 bits per heavy atom. The molecule has 5 heteroatoms. The number of rotatable bonds is 7. The molecule has 5 nitrogen and oxygen atoms in total. The highest BCUT2D eigenvalue weighted by molar-refractivity contribution is 5.49. The van der Waals surface area contributed by atoms with Crippen molar-refractivity contribution in [2.24, 2.45) is 0 Å². The molecule has 1 fully saturated rings. The largest absolute Gasteiger partial charge is 0.504 e. The number of hydrogen-bond donors (Lipinski definition) is 2. The molecule has 0 unspecified atom stereocenters. The first kappa shape index (κ1) is 16.8. The minimum absolute atomic E-state index is 0.207. The van der Waals surface area contributed by atoms with Gasteiger partial charge in [0.1, 0.15) is 0 Å². The lowest BCUT2D eigenvalue weighted by molar-refractivity contribution is 0.108. The van der Waals surface area contributed by atoms with E-state index in [1.54, 1.807) is 13.2 Å². The number of β-amino-alcohol motifs (C(OH)–C–C–N with tert-alkyl or cyclic N) is 1. The SMILES string of the molecule is C=CCc1cc(CN2CCN(CCO)CC2)cc(OC)c1O. The zero-order chi connectivity index (χ0) is 15.9. The van der Waals surface area contributed by atoms with Crippen molar-refractivity contribution in [1.82, 2.24) is 9.80 Å². The number of methoxy groups -OCH3 is 1. The quantitative estimate of drug-likeness (QED) is 0.742. The minimum atomic E-state index is 0.207. The van der Waals surface area contributed by atoms with Crippen LogP contribution in [0.15, 0.2) is 24.8 Å². The van der Waals surface area contributed by atoms with E-state index in [-0.39, 0.29) is 12.4 Å². The second-order valence-corrected chi connectivity index (χ2v) is 5.64. The fourth-order valence-corrected chi connectivity index (χ4v) is 2.86. The summed E-state index contributed by atoms with van der Waals surface area (Å²) in [7, 11) is 1.57. The number of hydrogen-bond acceptors (Lipinski definition) is 5. The first-order valence-electron chi connectivity index (χ1n) is 7.73. The Hall–Kier alpha value is -1.56. The Morgan fingerprint density at radius 2 is 1.91 bits per heavy atom. The van der Waals surface area contributed by atoms with E-state index in [9.17, 15) is 5.11 Å². The van der Waals surface area contributed by atoms with E-state index >= 15 is 0 Å². The van der Waals surface area contributed by atoms with Crippen LogP contribution < -0.4 is 4.74 Å². The Kier molecular flexibility index (Phi) is 6.24. The lowest BCUT2D eigenvalue weighted by Crippen LogP contribution is -2.46. The molecular weight excluding hydrogens is 280 g/mol. The number of phenols is 1. The number of aliphatic hydroxyl groups excluding tert-OH is 1. The van der Waals surface area contributed by atoms with Gasteiger partial charge in [0.2, 0.25) is 0 Å². The highest BCUT2D eigenvalue weighted by Gasteiger charge is 2.18. The number of piperazine rings is 1. The molecule has 1 aliphatic heterocycles. The summed E-state index contributed by atoms with van der Waals surface area (Å²) in [6.07, 6.45) is 2.41. The van der Waals surface area contributed by atoms with Crippen LogP contribution in [0.3, 0.4) is 0 Å². The van der Waals surface area contributed by atoms with Gasteiger partial charge < -0.3 is 14.9 Å². The first-order chi connectivity index (χ1) is 10.7. The van der Waals surface area contributed by atoms with Crippen LogP contribution in [0.4, 0.5) is 0 Å². The molecule has 0 radical (unpaired) electrons. The van der Waals surface area contributed by atoms with Gasteiger partial charge >= 0.3 is 0 Å². The highest BCUT2D eigenvalue weighted by Crippen LogP contribution is 2.32. The summed E-state index contributed by atoms with van der Waals surface area (Å²) >= 11 is 0. The number of phenolic OH excluding ortho intramolecular Hbond substituents is 1. The molecule has 22 heavy (non-hydrogen) atoms. The monoisotopic (exact) mass is 306 g/mol. The Labute approximate surface area is 132 Å². The van der Waals surface area contributed by atoms with Gasteiger partial charge in [0, 0.05) is 44.8 Å². The molecule has 0 spiro atoms. The average Bonchev–Trinajstić information content (AvgIpc) is 2.52. The zero-order valence-electron chi connectivity index (χ0n) is 13.3. The average molecular weight is 306 g/mol. The molecule has 122 valence electrons. The first-order valence-corrected chi connectivity index (χ1v) is 7.73. The van der Waals surface area contributed by atoms with Crippen molar-refractivity contribution in [2.45, 2.75) is 13.0 Å². The molecule has 2 N–H and O–H groups in total. The maximum absolute atomic E-state index is 10.1. The molecule has 0 aliphatic carbocycles. The second-order valence-electron chi connectivity index (χ2n) is 5.64. The van der Waals surface area contributed by atoms with E-state index in [0.29, 0.717) is 12.2 Å². The minimum Gasteiger partial charge on any atom is -0.504 e. The highest BCUT2D eigenvalue weighted by atomic mass is 16.5. The molecule has 1 saturated heterocycles. The molecule has 0 aromatic heterocycles. The predicted molar refractivity (Wildman–Crippen MR) is 87.4 cm³/mol. The van der Waals surface area contributed by atoms with Gasteiger partial charge in [0.25, 0.3) is 0 Å². The fraction of sp³-hybridized carbons (Fsp3) is 0.529. The topological polar surface area (TPSA) is 56.2 Å². The molecule has 0 atom stereocenters. The normalized spacial score (nSPS) is 16.6. The molecule has 1 heterocycles. The van der Waals surface area contributed by atoms with Crippen molar-refractivity contribution in [3.8, 4) is 11.5 Å². The number of allylic oxidation sites excluding steroid dienone is 1. The van der Waals surface area contributed by atoms with E-state index < -0.39 is 0 Å². The van der Waals surface area contributed by atoms with Crippen molar-refractivity contribution in [3.05, 3.63) is 35.9 Å². The summed E-state index contributed by atoms with van der Waals surface area (Å²) < 4.78 is 5.27. The molecular formula is C17H26N2O3. The summed E-state index contributed by atoms with van der Waals surface area (Å²) in [6, 6.07) is 3.93. The van der Waals surface area contributed by atoms with Gasteiger partial charge in [-0.05, 0) is 18.1 Å². The van der Waals surface area contributed by atoms with Crippen molar-refractivity contribution in [1.29, 1.82) is 0 Å². The number of ether oxygens (including phenoxy) is 1. The maximum Gasteiger partial charge on any atom is 0.161 e. The molecule has 0 amide bonds. The van der Waals surface area contributed by atoms with Crippen LogP contribution in [-0.4, -0.2) is 66.5 Å². The summed E-state index contributed by atoms with van der Waals surface area (Å²) in [4.78, 5) is 4.66. The lowest BCUT2D eigenvalue weighted by Gasteiger charge is -2.34. The van der Waals surface area contributed by atoms with Gasteiger partial charge in [-0.1, -0.05) is 12.1 Å². The fourth-order valence-electron chi connectivity index (χ4n) is 2.86. The van der Waals surface area contributed by atoms with Crippen molar-refractivity contribution >= 4 is 0 Å². The van der Waals surface area contributed by atoms with E-state index in [4.69, 9.17) is 9.84 Å². The van der Waals surface area contributed by atoms with E-state index in [2.05, 4.69) is 16.4 Å². The van der Waals surface area contributed by atoms with E-state index in [1.807, 2.05) is 12.1 Å². The zero-order valence-corrected chi connectivity index (χ0v) is 13.3. The summed E-state index contributed by atoms with van der Waals surface area (Å²) in [5.41, 5.74) is 1.99. The van der Waals surface area contributed by atoms with Crippen LogP contribution >= 0.6 is 0 Å². The number of aromatic hydroxyl groups is 1. The van der Waals surface area contributed by atoms with Crippen LogP contribution in [0.5, 0.6) is 11.5 Å². The Morgan fingerprint density at radius 1 is 1.23 bits per heavy atom. The molecule has 1 aromatic carbocycles.